The Balaban J connectivity index is 1.99. The Hall–Kier alpha value is -2.21. The van der Waals surface area contributed by atoms with Crippen molar-refractivity contribution in [1.29, 1.82) is 0 Å². The van der Waals surface area contributed by atoms with E-state index < -0.39 is 5.41 Å². The van der Waals surface area contributed by atoms with E-state index in [2.05, 4.69) is 47.4 Å². The molecule has 2 aromatic heterocycles. The zero-order chi connectivity index (χ0) is 16.8. The van der Waals surface area contributed by atoms with Gasteiger partial charge in [0.25, 0.3) is 0 Å². The number of amides is 1. The van der Waals surface area contributed by atoms with Gasteiger partial charge in [-0.3, -0.25) is 10.1 Å². The molecule has 1 aromatic carbocycles. The fraction of sp³-hybridized carbons (Fsp3) is 0.353. The summed E-state index contributed by atoms with van der Waals surface area (Å²) >= 11 is 1.52. The van der Waals surface area contributed by atoms with Crippen LogP contribution in [0.3, 0.4) is 0 Å². The number of carbonyl (C=O) groups is 1. The molecule has 3 rings (SSSR count). The van der Waals surface area contributed by atoms with E-state index in [0.29, 0.717) is 5.95 Å². The highest BCUT2D eigenvalue weighted by molar-refractivity contribution is 7.15. The van der Waals surface area contributed by atoms with Crippen LogP contribution in [0.15, 0.2) is 23.6 Å². The third-order valence-electron chi connectivity index (χ3n) is 3.65. The van der Waals surface area contributed by atoms with Crippen LogP contribution >= 0.6 is 11.3 Å². The monoisotopic (exact) mass is 328 g/mol. The standard InChI is InChI=1S/C17H20N4OS/c1-10-6-7-12(11(2)8-10)13-9-23-16-19-15(20-21(13)16)18-14(22)17(3,4)5/h6-9H,1-5H3,(H,18,20,22). The van der Waals surface area contributed by atoms with E-state index in [0.717, 1.165) is 16.2 Å². The molecule has 0 saturated carbocycles. The fourth-order valence-corrected chi connectivity index (χ4v) is 3.13. The quantitative estimate of drug-likeness (QED) is 0.772. The maximum absolute atomic E-state index is 12.1. The van der Waals surface area contributed by atoms with Crippen molar-refractivity contribution < 1.29 is 4.79 Å². The van der Waals surface area contributed by atoms with Gasteiger partial charge in [-0.15, -0.1) is 16.4 Å². The number of hydrogen-bond acceptors (Lipinski definition) is 4. The van der Waals surface area contributed by atoms with E-state index in [1.165, 1.54) is 22.5 Å². The molecular formula is C17H20N4OS. The molecular weight excluding hydrogens is 308 g/mol. The molecule has 2 heterocycles. The number of aromatic nitrogens is 3. The molecule has 6 heteroatoms. The Kier molecular flexibility index (Phi) is 3.72. The number of nitrogens with one attached hydrogen (secondary N) is 1. The smallest absolute Gasteiger partial charge is 0.250 e. The molecule has 120 valence electrons. The van der Waals surface area contributed by atoms with E-state index in [9.17, 15) is 4.79 Å². The summed E-state index contributed by atoms with van der Waals surface area (Å²) in [5, 5.41) is 9.28. The molecule has 0 spiro atoms. The van der Waals surface area contributed by atoms with Crippen molar-refractivity contribution in [3.63, 3.8) is 0 Å². The van der Waals surface area contributed by atoms with Crippen molar-refractivity contribution in [3.05, 3.63) is 34.7 Å². The van der Waals surface area contributed by atoms with Crippen molar-refractivity contribution in [2.75, 3.05) is 5.32 Å². The molecule has 0 unspecified atom stereocenters. The van der Waals surface area contributed by atoms with Crippen LogP contribution < -0.4 is 5.32 Å². The van der Waals surface area contributed by atoms with E-state index >= 15 is 0 Å². The molecule has 0 atom stereocenters. The lowest BCUT2D eigenvalue weighted by Gasteiger charge is -2.15. The largest absolute Gasteiger partial charge is 0.293 e. The summed E-state index contributed by atoms with van der Waals surface area (Å²) in [5.41, 5.74) is 4.07. The van der Waals surface area contributed by atoms with Crippen LogP contribution in [0.1, 0.15) is 31.9 Å². The minimum atomic E-state index is -0.477. The van der Waals surface area contributed by atoms with E-state index in [4.69, 9.17) is 0 Å². The minimum absolute atomic E-state index is 0.0937. The predicted molar refractivity (Wildman–Crippen MR) is 93.9 cm³/mol. The number of thiazole rings is 1. The first-order valence-electron chi connectivity index (χ1n) is 7.49. The first-order chi connectivity index (χ1) is 10.8. The van der Waals surface area contributed by atoms with E-state index in [-0.39, 0.29) is 5.91 Å². The molecule has 0 aliphatic rings. The first kappa shape index (κ1) is 15.7. The molecule has 5 nitrogen and oxygen atoms in total. The lowest BCUT2D eigenvalue weighted by Crippen LogP contribution is -2.28. The highest BCUT2D eigenvalue weighted by Crippen LogP contribution is 2.29. The van der Waals surface area contributed by atoms with Crippen molar-refractivity contribution in [1.82, 2.24) is 14.6 Å². The third-order valence-corrected chi connectivity index (χ3v) is 4.46. The van der Waals surface area contributed by atoms with Gasteiger partial charge in [-0.05, 0) is 19.4 Å². The van der Waals surface area contributed by atoms with Crippen molar-refractivity contribution in [3.8, 4) is 11.3 Å². The molecule has 0 radical (unpaired) electrons. The van der Waals surface area contributed by atoms with Gasteiger partial charge in [-0.2, -0.15) is 4.98 Å². The Labute approximate surface area is 139 Å². The molecule has 1 N–H and O–H groups in total. The van der Waals surface area contributed by atoms with E-state index in [1.54, 1.807) is 4.52 Å². The van der Waals surface area contributed by atoms with Gasteiger partial charge in [-0.1, -0.05) is 44.5 Å². The van der Waals surface area contributed by atoms with Gasteiger partial charge in [0.15, 0.2) is 0 Å². The SMILES string of the molecule is Cc1ccc(-c2csc3nc(NC(=O)C(C)(C)C)nn23)c(C)c1. The summed E-state index contributed by atoms with van der Waals surface area (Å²) in [7, 11) is 0. The number of carbonyl (C=O) groups excluding carboxylic acids is 1. The van der Waals surface area contributed by atoms with Crippen LogP contribution in [0.5, 0.6) is 0 Å². The van der Waals surface area contributed by atoms with Crippen LogP contribution in [-0.2, 0) is 4.79 Å². The average molecular weight is 328 g/mol. The zero-order valence-corrected chi connectivity index (χ0v) is 14.8. The summed E-state index contributed by atoms with van der Waals surface area (Å²) in [6.45, 7) is 9.76. The molecule has 0 aliphatic heterocycles. The maximum Gasteiger partial charge on any atom is 0.250 e. The Morgan fingerprint density at radius 2 is 2.00 bits per heavy atom. The number of anilines is 1. The second-order valence-corrected chi connectivity index (χ2v) is 7.61. The molecule has 0 saturated heterocycles. The molecule has 0 fully saturated rings. The van der Waals surface area contributed by atoms with Gasteiger partial charge in [0.1, 0.15) is 0 Å². The van der Waals surface area contributed by atoms with Gasteiger partial charge in [0, 0.05) is 16.4 Å². The van der Waals surface area contributed by atoms with Gasteiger partial charge in [0.2, 0.25) is 16.8 Å². The minimum Gasteiger partial charge on any atom is -0.293 e. The number of nitrogens with zero attached hydrogens (tertiary/aromatic N) is 3. The van der Waals surface area contributed by atoms with Gasteiger partial charge in [-0.25, -0.2) is 4.52 Å². The van der Waals surface area contributed by atoms with Gasteiger partial charge < -0.3 is 0 Å². The van der Waals surface area contributed by atoms with Crippen molar-refractivity contribution in [2.24, 2.45) is 5.41 Å². The second kappa shape index (κ2) is 5.45. The molecule has 1 amide bonds. The number of rotatable bonds is 2. The topological polar surface area (TPSA) is 59.3 Å². The Morgan fingerprint density at radius 1 is 1.26 bits per heavy atom. The second-order valence-electron chi connectivity index (χ2n) is 6.77. The average Bonchev–Trinajstić information content (AvgIpc) is 2.98. The summed E-state index contributed by atoms with van der Waals surface area (Å²) in [5.74, 6) is 0.256. The molecule has 0 bridgehead atoms. The Bertz CT molecular complexity index is 886. The first-order valence-corrected chi connectivity index (χ1v) is 8.37. The maximum atomic E-state index is 12.1. The molecule has 0 aliphatic carbocycles. The highest BCUT2D eigenvalue weighted by Gasteiger charge is 2.23. The lowest BCUT2D eigenvalue weighted by molar-refractivity contribution is -0.123. The normalized spacial score (nSPS) is 11.9. The van der Waals surface area contributed by atoms with Crippen LogP contribution in [0.4, 0.5) is 5.95 Å². The van der Waals surface area contributed by atoms with Crippen LogP contribution in [0.2, 0.25) is 0 Å². The number of fused-ring (bicyclic) bond motifs is 1. The van der Waals surface area contributed by atoms with Crippen molar-refractivity contribution >= 4 is 28.2 Å². The van der Waals surface area contributed by atoms with Gasteiger partial charge >= 0.3 is 0 Å². The van der Waals surface area contributed by atoms with E-state index in [1.807, 2.05) is 26.2 Å². The molecule has 23 heavy (non-hydrogen) atoms. The van der Waals surface area contributed by atoms with Crippen LogP contribution in [-0.4, -0.2) is 20.5 Å². The fourth-order valence-electron chi connectivity index (χ4n) is 2.31. The summed E-state index contributed by atoms with van der Waals surface area (Å²) in [6, 6.07) is 6.34. The number of benzene rings is 1. The lowest BCUT2D eigenvalue weighted by atomic mass is 9.96. The van der Waals surface area contributed by atoms with Gasteiger partial charge in [0.05, 0.1) is 5.69 Å². The van der Waals surface area contributed by atoms with Crippen LogP contribution in [0, 0.1) is 19.3 Å². The van der Waals surface area contributed by atoms with Crippen molar-refractivity contribution in [2.45, 2.75) is 34.6 Å². The highest BCUT2D eigenvalue weighted by atomic mass is 32.1. The Morgan fingerprint density at radius 3 is 2.65 bits per heavy atom. The predicted octanol–water partition coefficient (Wildman–Crippen LogP) is 4.06. The summed E-state index contributed by atoms with van der Waals surface area (Å²) in [4.78, 5) is 17.2. The molecule has 3 aromatic rings. The third kappa shape index (κ3) is 2.99. The number of hydrogen-bond donors (Lipinski definition) is 1. The summed E-state index contributed by atoms with van der Waals surface area (Å²) < 4.78 is 1.79. The van der Waals surface area contributed by atoms with Crippen LogP contribution in [0.25, 0.3) is 16.2 Å². The zero-order valence-electron chi connectivity index (χ0n) is 14.0. The summed E-state index contributed by atoms with van der Waals surface area (Å²) in [6.07, 6.45) is 0. The number of aryl methyl sites for hydroxylation is 2.